The molecular weight excluding hydrogens is 578 g/mol. The summed E-state index contributed by atoms with van der Waals surface area (Å²) in [6, 6.07) is 23.3. The van der Waals surface area contributed by atoms with Gasteiger partial charge in [0.2, 0.25) is 0 Å². The molecule has 0 radical (unpaired) electrons. The monoisotopic (exact) mass is 617 g/mol. The van der Waals surface area contributed by atoms with Crippen molar-refractivity contribution in [3.8, 4) is 11.8 Å². The summed E-state index contributed by atoms with van der Waals surface area (Å²) in [5, 5.41) is 9.33. The number of carbonyl (C=O) groups is 2. The van der Waals surface area contributed by atoms with Gasteiger partial charge in [0.15, 0.2) is 0 Å². The van der Waals surface area contributed by atoms with E-state index in [1.165, 1.54) is 0 Å². The van der Waals surface area contributed by atoms with E-state index in [0.717, 1.165) is 43.6 Å². The van der Waals surface area contributed by atoms with Gasteiger partial charge in [0, 0.05) is 64.1 Å². The van der Waals surface area contributed by atoms with Crippen LogP contribution in [0.1, 0.15) is 57.7 Å². The number of fused-ring (bicyclic) bond motifs is 1. The van der Waals surface area contributed by atoms with Crippen LogP contribution in [0, 0.1) is 16.7 Å². The number of hydrogen-bond donors (Lipinski definition) is 0. The summed E-state index contributed by atoms with van der Waals surface area (Å²) in [4.78, 5) is 42.3. The summed E-state index contributed by atoms with van der Waals surface area (Å²) < 4.78 is 8.35. The molecule has 46 heavy (non-hydrogen) atoms. The number of ether oxygens (including phenoxy) is 1. The van der Waals surface area contributed by atoms with E-state index in [4.69, 9.17) is 4.74 Å². The Bertz CT molecular complexity index is 1690. The summed E-state index contributed by atoms with van der Waals surface area (Å²) in [7, 11) is 1.86. The molecule has 0 bridgehead atoms. The summed E-state index contributed by atoms with van der Waals surface area (Å²) in [6.07, 6.45) is 8.37. The van der Waals surface area contributed by atoms with Crippen molar-refractivity contribution in [1.29, 1.82) is 5.26 Å². The van der Waals surface area contributed by atoms with Gasteiger partial charge >= 0.3 is 0 Å². The molecule has 1 spiro atoms. The number of aryl methyl sites for hydroxylation is 1. The molecule has 6 rings (SSSR count). The van der Waals surface area contributed by atoms with Crippen LogP contribution in [0.2, 0.25) is 0 Å². The molecule has 4 heterocycles. The Labute approximate surface area is 269 Å². The van der Waals surface area contributed by atoms with Crippen molar-refractivity contribution in [2.24, 2.45) is 12.5 Å². The minimum Gasteiger partial charge on any atom is -0.492 e. The zero-order valence-electron chi connectivity index (χ0n) is 26.2. The van der Waals surface area contributed by atoms with E-state index < -0.39 is 0 Å². The molecule has 1 saturated heterocycles. The molecule has 1 fully saturated rings. The maximum Gasteiger partial charge on any atom is 0.274 e. The predicted octanol–water partition coefficient (Wildman–Crippen LogP) is 4.93. The zero-order valence-corrected chi connectivity index (χ0v) is 26.2. The average molecular weight is 618 g/mol. The molecule has 4 aromatic rings. The van der Waals surface area contributed by atoms with Gasteiger partial charge in [-0.1, -0.05) is 42.5 Å². The third kappa shape index (κ3) is 7.04. The highest BCUT2D eigenvalue weighted by Gasteiger charge is 2.38. The lowest BCUT2D eigenvalue weighted by Crippen LogP contribution is -2.46. The highest BCUT2D eigenvalue weighted by atomic mass is 16.5. The van der Waals surface area contributed by atoms with Crippen LogP contribution in [-0.4, -0.2) is 75.5 Å². The van der Waals surface area contributed by atoms with Crippen LogP contribution in [0.4, 0.5) is 5.82 Å². The number of carbonyl (C=O) groups excluding carboxylic acids is 2. The fourth-order valence-electron chi connectivity index (χ4n) is 6.43. The molecule has 236 valence electrons. The molecule has 2 aromatic carbocycles. The van der Waals surface area contributed by atoms with Crippen LogP contribution in [-0.2, 0) is 13.6 Å². The topological polar surface area (TPSA) is 108 Å². The van der Waals surface area contributed by atoms with Crippen molar-refractivity contribution in [2.45, 2.75) is 32.2 Å². The summed E-state index contributed by atoms with van der Waals surface area (Å²) in [5.41, 5.74) is 2.39. The molecule has 10 nitrogen and oxygen atoms in total. The molecule has 10 heteroatoms. The van der Waals surface area contributed by atoms with Gasteiger partial charge in [-0.15, -0.1) is 0 Å². The summed E-state index contributed by atoms with van der Waals surface area (Å²) >= 11 is 0. The highest BCUT2D eigenvalue weighted by molar-refractivity contribution is 5.97. The number of benzene rings is 2. The van der Waals surface area contributed by atoms with Gasteiger partial charge in [-0.05, 0) is 55.5 Å². The zero-order chi connectivity index (χ0) is 31.9. The number of imidazole rings is 1. The Morgan fingerprint density at radius 3 is 2.43 bits per heavy atom. The number of para-hydroxylation sites is 1. The van der Waals surface area contributed by atoms with E-state index in [-0.39, 0.29) is 17.2 Å². The molecule has 2 aliphatic heterocycles. The van der Waals surface area contributed by atoms with Crippen LogP contribution >= 0.6 is 0 Å². The fourth-order valence-corrected chi connectivity index (χ4v) is 6.43. The van der Waals surface area contributed by atoms with Crippen molar-refractivity contribution < 1.29 is 14.3 Å². The largest absolute Gasteiger partial charge is 0.492 e. The van der Waals surface area contributed by atoms with Gasteiger partial charge in [-0.3, -0.25) is 9.59 Å². The number of nitrogens with zero attached hydrogens (tertiary/aromatic N) is 7. The first-order valence-electron chi connectivity index (χ1n) is 15.9. The Morgan fingerprint density at radius 1 is 0.935 bits per heavy atom. The third-order valence-electron chi connectivity index (χ3n) is 9.17. The van der Waals surface area contributed by atoms with Gasteiger partial charge in [-0.2, -0.15) is 5.26 Å². The lowest BCUT2D eigenvalue weighted by atomic mass is 9.75. The third-order valence-corrected chi connectivity index (χ3v) is 9.17. The van der Waals surface area contributed by atoms with E-state index in [0.29, 0.717) is 61.9 Å². The maximum absolute atomic E-state index is 14.2. The van der Waals surface area contributed by atoms with Gasteiger partial charge in [-0.25, -0.2) is 9.97 Å². The number of amides is 2. The van der Waals surface area contributed by atoms with Crippen LogP contribution in [0.5, 0.6) is 5.75 Å². The minimum atomic E-state index is -0.168. The number of hydrogen-bond acceptors (Lipinski definition) is 7. The predicted molar refractivity (Wildman–Crippen MR) is 174 cm³/mol. The molecule has 0 aliphatic carbocycles. The second kappa shape index (κ2) is 13.9. The lowest BCUT2D eigenvalue weighted by molar-refractivity contribution is 0.0360. The number of nitriles is 1. The van der Waals surface area contributed by atoms with Crippen molar-refractivity contribution >= 4 is 17.6 Å². The molecule has 2 aliphatic rings. The number of rotatable bonds is 4. The maximum atomic E-state index is 14.2. The highest BCUT2D eigenvalue weighted by Crippen LogP contribution is 2.38. The molecule has 0 atom stereocenters. The van der Waals surface area contributed by atoms with Crippen molar-refractivity contribution in [3.05, 3.63) is 108 Å². The first kappa shape index (κ1) is 30.8. The quantitative estimate of drug-likeness (QED) is 0.320. The smallest absolute Gasteiger partial charge is 0.274 e. The summed E-state index contributed by atoms with van der Waals surface area (Å²) in [6.45, 7) is 3.95. The SMILES string of the molecule is Cn1cnc(C(=O)N2CCC3(CCCN(c4ccc(C#N)cn4)CCN(Cc4ccccc4)C(=O)c4ccccc4OC3)CC2)c1. The number of anilines is 1. The Balaban J connectivity index is 1.28. The van der Waals surface area contributed by atoms with E-state index in [2.05, 4.69) is 20.9 Å². The second-order valence-corrected chi connectivity index (χ2v) is 12.3. The molecular formula is C36H39N7O3. The van der Waals surface area contributed by atoms with Gasteiger partial charge < -0.3 is 24.0 Å². The van der Waals surface area contributed by atoms with Crippen LogP contribution in [0.3, 0.4) is 0 Å². The van der Waals surface area contributed by atoms with E-state index in [1.54, 1.807) is 29.4 Å². The van der Waals surface area contributed by atoms with E-state index >= 15 is 0 Å². The van der Waals surface area contributed by atoms with Crippen molar-refractivity contribution in [1.82, 2.24) is 24.3 Å². The molecule has 2 amide bonds. The average Bonchev–Trinajstić information content (AvgIpc) is 3.54. The molecule has 0 unspecified atom stereocenters. The van der Waals surface area contributed by atoms with Crippen molar-refractivity contribution in [2.75, 3.05) is 44.2 Å². The minimum absolute atomic E-state index is 0.0477. The molecule has 2 aromatic heterocycles. The first-order chi connectivity index (χ1) is 22.4. The Morgan fingerprint density at radius 2 is 1.72 bits per heavy atom. The van der Waals surface area contributed by atoms with Gasteiger partial charge in [0.25, 0.3) is 11.8 Å². The first-order valence-corrected chi connectivity index (χ1v) is 15.9. The summed E-state index contributed by atoms with van der Waals surface area (Å²) in [5.74, 6) is 1.23. The molecule has 0 N–H and O–H groups in total. The number of pyridine rings is 1. The lowest BCUT2D eigenvalue weighted by Gasteiger charge is -2.42. The number of piperidine rings is 1. The Kier molecular flexibility index (Phi) is 9.29. The fraction of sp³-hybridized carbons (Fsp3) is 0.361. The molecule has 0 saturated carbocycles. The normalized spacial score (nSPS) is 17.2. The van der Waals surface area contributed by atoms with Gasteiger partial charge in [0.05, 0.1) is 24.1 Å². The van der Waals surface area contributed by atoms with Crippen LogP contribution in [0.15, 0.2) is 85.5 Å². The second-order valence-electron chi connectivity index (χ2n) is 12.3. The number of likely N-dealkylation sites (tertiary alicyclic amines) is 1. The van der Waals surface area contributed by atoms with E-state index in [9.17, 15) is 14.9 Å². The van der Waals surface area contributed by atoms with Crippen LogP contribution < -0.4 is 9.64 Å². The van der Waals surface area contributed by atoms with Crippen molar-refractivity contribution in [3.63, 3.8) is 0 Å². The van der Waals surface area contributed by atoms with Crippen LogP contribution in [0.25, 0.3) is 0 Å². The van der Waals surface area contributed by atoms with Gasteiger partial charge in [0.1, 0.15) is 23.3 Å². The van der Waals surface area contributed by atoms with E-state index in [1.807, 2.05) is 77.5 Å². The standard InChI is InChI=1S/C36H39N7O3/c1-40-25-31(39-27-40)35(45)42-18-15-36(16-19-42)14-7-17-41(33-13-12-29(22-37)23-38-33)20-21-43(24-28-8-3-2-4-9-28)34(44)30-10-5-6-11-32(30)46-26-36/h2-6,8-13,23,25,27H,7,14-21,24,26H2,1H3. The Hall–Kier alpha value is -5.17. The number of aromatic nitrogens is 3.